The number of piperidine rings is 1. The summed E-state index contributed by atoms with van der Waals surface area (Å²) in [6.07, 6.45) is 2.08. The van der Waals surface area contributed by atoms with E-state index in [-0.39, 0.29) is 31.8 Å². The maximum atomic E-state index is 11.8. The van der Waals surface area contributed by atoms with Crippen molar-refractivity contribution in [3.8, 4) is 0 Å². The summed E-state index contributed by atoms with van der Waals surface area (Å²) in [5, 5.41) is 11.1. The first-order chi connectivity index (χ1) is 9.78. The molecule has 0 aromatic carbocycles. The Labute approximate surface area is 123 Å². The maximum Gasteiger partial charge on any atom is 0.329 e. The first-order valence-electron chi connectivity index (χ1n) is 6.59. The van der Waals surface area contributed by atoms with Crippen molar-refractivity contribution in [3.63, 3.8) is 0 Å². The SMILES string of the molecule is CS(=O)(=O)NCCNC(=O)N1CCC(OCC(=O)O)CC1. The molecule has 0 spiro atoms. The number of nitrogens with one attached hydrogen (secondary N) is 2. The highest BCUT2D eigenvalue weighted by Gasteiger charge is 2.23. The standard InChI is InChI=1S/C11H21N3O6S/c1-21(18,19)13-5-4-12-11(17)14-6-2-9(3-7-14)20-8-10(15)16/h9,13H,2-8H2,1H3,(H,12,17)(H,15,16). The third kappa shape index (κ3) is 7.83. The minimum Gasteiger partial charge on any atom is -0.480 e. The van der Waals surface area contributed by atoms with Gasteiger partial charge < -0.3 is 20.1 Å². The lowest BCUT2D eigenvalue weighted by Gasteiger charge is -2.31. The number of urea groups is 1. The van der Waals surface area contributed by atoms with Crippen LogP contribution in [0.5, 0.6) is 0 Å². The predicted octanol–water partition coefficient (Wildman–Crippen LogP) is -1.19. The third-order valence-electron chi connectivity index (χ3n) is 2.94. The molecule has 0 atom stereocenters. The largest absolute Gasteiger partial charge is 0.480 e. The molecule has 21 heavy (non-hydrogen) atoms. The topological polar surface area (TPSA) is 125 Å². The molecule has 0 saturated carbocycles. The van der Waals surface area contributed by atoms with Crippen molar-refractivity contribution in [2.45, 2.75) is 18.9 Å². The van der Waals surface area contributed by atoms with E-state index >= 15 is 0 Å². The van der Waals surface area contributed by atoms with Gasteiger partial charge in [0.1, 0.15) is 6.61 Å². The van der Waals surface area contributed by atoms with Gasteiger partial charge in [0.2, 0.25) is 10.0 Å². The van der Waals surface area contributed by atoms with Gasteiger partial charge in [-0.05, 0) is 12.8 Å². The maximum absolute atomic E-state index is 11.8. The molecule has 10 heteroatoms. The van der Waals surface area contributed by atoms with Gasteiger partial charge in [0.15, 0.2) is 0 Å². The summed E-state index contributed by atoms with van der Waals surface area (Å²) in [7, 11) is -3.25. The second-order valence-corrected chi connectivity index (χ2v) is 6.62. The molecule has 1 aliphatic rings. The Kier molecular flexibility index (Phi) is 6.85. The fourth-order valence-electron chi connectivity index (χ4n) is 1.93. The van der Waals surface area contributed by atoms with Crippen LogP contribution in [-0.2, 0) is 19.6 Å². The molecule has 0 aromatic heterocycles. The molecule has 1 heterocycles. The summed E-state index contributed by atoms with van der Waals surface area (Å²) in [5.74, 6) is -1.01. The number of ether oxygens (including phenoxy) is 1. The molecule has 1 fully saturated rings. The van der Waals surface area contributed by atoms with Crippen LogP contribution >= 0.6 is 0 Å². The Morgan fingerprint density at radius 3 is 2.43 bits per heavy atom. The highest BCUT2D eigenvalue weighted by Crippen LogP contribution is 2.13. The van der Waals surface area contributed by atoms with Crippen LogP contribution in [0.25, 0.3) is 0 Å². The lowest BCUT2D eigenvalue weighted by molar-refractivity contribution is -0.145. The lowest BCUT2D eigenvalue weighted by atomic mass is 10.1. The molecule has 0 bridgehead atoms. The van der Waals surface area contributed by atoms with Gasteiger partial charge in [-0.1, -0.05) is 0 Å². The van der Waals surface area contributed by atoms with E-state index in [9.17, 15) is 18.0 Å². The Morgan fingerprint density at radius 1 is 1.29 bits per heavy atom. The first kappa shape index (κ1) is 17.7. The van der Waals surface area contributed by atoms with Crippen LogP contribution in [0, 0.1) is 0 Å². The van der Waals surface area contributed by atoms with Crippen molar-refractivity contribution in [2.24, 2.45) is 0 Å². The van der Waals surface area contributed by atoms with Gasteiger partial charge >= 0.3 is 12.0 Å². The zero-order valence-electron chi connectivity index (χ0n) is 11.9. The summed E-state index contributed by atoms with van der Waals surface area (Å²) in [6, 6.07) is -0.262. The molecule has 1 rings (SSSR count). The van der Waals surface area contributed by atoms with Crippen LogP contribution in [-0.4, -0.2) is 75.6 Å². The quantitative estimate of drug-likeness (QED) is 0.506. The molecule has 0 aromatic rings. The van der Waals surface area contributed by atoms with Gasteiger partial charge in [0.25, 0.3) is 0 Å². The molecule has 3 N–H and O–H groups in total. The van der Waals surface area contributed by atoms with E-state index < -0.39 is 16.0 Å². The molecule has 0 aliphatic carbocycles. The number of likely N-dealkylation sites (tertiary alicyclic amines) is 1. The van der Waals surface area contributed by atoms with Gasteiger partial charge in [0.05, 0.1) is 12.4 Å². The van der Waals surface area contributed by atoms with Gasteiger partial charge in [-0.25, -0.2) is 22.7 Å². The summed E-state index contributed by atoms with van der Waals surface area (Å²) < 4.78 is 29.1. The van der Waals surface area contributed by atoms with Crippen LogP contribution in [0.4, 0.5) is 4.79 Å². The Hall–Kier alpha value is -1.39. The third-order valence-corrected chi connectivity index (χ3v) is 3.67. The monoisotopic (exact) mass is 323 g/mol. The fourth-order valence-corrected chi connectivity index (χ4v) is 2.41. The van der Waals surface area contributed by atoms with E-state index in [1.807, 2.05) is 0 Å². The number of rotatable bonds is 7. The van der Waals surface area contributed by atoms with Crippen molar-refractivity contribution in [1.29, 1.82) is 0 Å². The van der Waals surface area contributed by atoms with E-state index in [2.05, 4.69) is 10.0 Å². The molecule has 122 valence electrons. The van der Waals surface area contributed by atoms with E-state index in [4.69, 9.17) is 9.84 Å². The van der Waals surface area contributed by atoms with Gasteiger partial charge in [-0.15, -0.1) is 0 Å². The molecule has 1 aliphatic heterocycles. The number of carboxylic acid groups (broad SMARTS) is 1. The average Bonchev–Trinajstić information content (AvgIpc) is 2.40. The second kappa shape index (κ2) is 8.15. The minimum atomic E-state index is -3.25. The molecular formula is C11H21N3O6S. The molecule has 0 unspecified atom stereocenters. The van der Waals surface area contributed by atoms with Gasteiger partial charge in [-0.2, -0.15) is 0 Å². The van der Waals surface area contributed by atoms with Crippen molar-refractivity contribution in [1.82, 2.24) is 14.9 Å². The zero-order valence-corrected chi connectivity index (χ0v) is 12.7. The van der Waals surface area contributed by atoms with Crippen LogP contribution < -0.4 is 10.0 Å². The normalized spacial score (nSPS) is 16.7. The van der Waals surface area contributed by atoms with Crippen LogP contribution in [0.2, 0.25) is 0 Å². The number of hydrogen-bond donors (Lipinski definition) is 3. The molecule has 1 saturated heterocycles. The van der Waals surface area contributed by atoms with Crippen LogP contribution in [0.15, 0.2) is 0 Å². The second-order valence-electron chi connectivity index (χ2n) is 4.79. The Balaban J connectivity index is 2.18. The van der Waals surface area contributed by atoms with Gasteiger partial charge in [-0.3, -0.25) is 0 Å². The Bertz CT molecular complexity index is 459. The summed E-state index contributed by atoms with van der Waals surface area (Å²) in [5.41, 5.74) is 0. The number of amides is 2. The number of nitrogens with zero attached hydrogens (tertiary/aromatic N) is 1. The summed E-state index contributed by atoms with van der Waals surface area (Å²) >= 11 is 0. The first-order valence-corrected chi connectivity index (χ1v) is 8.48. The highest BCUT2D eigenvalue weighted by molar-refractivity contribution is 7.88. The average molecular weight is 323 g/mol. The fraction of sp³-hybridized carbons (Fsp3) is 0.818. The minimum absolute atomic E-state index is 0.142. The zero-order chi connectivity index (χ0) is 15.9. The predicted molar refractivity (Wildman–Crippen MR) is 74.4 cm³/mol. The molecule has 0 radical (unpaired) electrons. The smallest absolute Gasteiger partial charge is 0.329 e. The summed E-state index contributed by atoms with van der Waals surface area (Å²) in [4.78, 5) is 23.8. The van der Waals surface area contributed by atoms with E-state index in [0.29, 0.717) is 25.9 Å². The number of sulfonamides is 1. The number of hydrogen-bond acceptors (Lipinski definition) is 5. The van der Waals surface area contributed by atoms with E-state index in [1.54, 1.807) is 4.90 Å². The number of carbonyl (C=O) groups excluding carboxylic acids is 1. The molecule has 2 amide bonds. The summed E-state index contributed by atoms with van der Waals surface area (Å²) in [6.45, 7) is 0.989. The van der Waals surface area contributed by atoms with Crippen LogP contribution in [0.3, 0.4) is 0 Å². The number of carbonyl (C=O) groups is 2. The number of aliphatic carboxylic acids is 1. The number of carboxylic acids is 1. The lowest BCUT2D eigenvalue weighted by Crippen LogP contribution is -2.47. The Morgan fingerprint density at radius 2 is 1.90 bits per heavy atom. The molecular weight excluding hydrogens is 302 g/mol. The van der Waals surface area contributed by atoms with Crippen molar-refractivity contribution < 1.29 is 27.9 Å². The molecule has 9 nitrogen and oxygen atoms in total. The van der Waals surface area contributed by atoms with E-state index in [0.717, 1.165) is 6.26 Å². The highest BCUT2D eigenvalue weighted by atomic mass is 32.2. The van der Waals surface area contributed by atoms with Crippen molar-refractivity contribution in [2.75, 3.05) is 39.0 Å². The van der Waals surface area contributed by atoms with Gasteiger partial charge in [0, 0.05) is 26.2 Å². The van der Waals surface area contributed by atoms with Crippen molar-refractivity contribution in [3.05, 3.63) is 0 Å². The van der Waals surface area contributed by atoms with Crippen LogP contribution in [0.1, 0.15) is 12.8 Å². The van der Waals surface area contributed by atoms with Crippen molar-refractivity contribution >= 4 is 22.0 Å². The van der Waals surface area contributed by atoms with E-state index in [1.165, 1.54) is 0 Å².